The zero-order valence-corrected chi connectivity index (χ0v) is 9.62. The van der Waals surface area contributed by atoms with Gasteiger partial charge in [0.05, 0.1) is 12.7 Å². The first-order valence-corrected chi connectivity index (χ1v) is 5.85. The van der Waals surface area contributed by atoms with Gasteiger partial charge in [-0.05, 0) is 25.0 Å². The third-order valence-electron chi connectivity index (χ3n) is 2.82. The van der Waals surface area contributed by atoms with E-state index in [2.05, 4.69) is 10.3 Å². The predicted octanol–water partition coefficient (Wildman–Crippen LogP) is 2.87. The van der Waals surface area contributed by atoms with E-state index in [1.165, 1.54) is 31.2 Å². The molecule has 1 aromatic heterocycles. The minimum Gasteiger partial charge on any atom is -0.439 e. The summed E-state index contributed by atoms with van der Waals surface area (Å²) in [5.41, 5.74) is 0.359. The molecule has 0 atom stereocenters. The summed E-state index contributed by atoms with van der Waals surface area (Å²) in [4.78, 5) is 4.08. The lowest BCUT2D eigenvalue weighted by Crippen LogP contribution is -2.15. The van der Waals surface area contributed by atoms with Gasteiger partial charge in [-0.1, -0.05) is 0 Å². The quantitative estimate of drug-likeness (QED) is 0.906. The van der Waals surface area contributed by atoms with E-state index in [9.17, 15) is 8.78 Å². The van der Waals surface area contributed by atoms with E-state index in [1.54, 1.807) is 0 Å². The van der Waals surface area contributed by atoms with Crippen LogP contribution < -0.4 is 5.32 Å². The second-order valence-electron chi connectivity index (χ2n) is 4.43. The number of benzene rings is 1. The van der Waals surface area contributed by atoms with E-state index in [1.807, 2.05) is 0 Å². The zero-order valence-electron chi connectivity index (χ0n) is 9.62. The first kappa shape index (κ1) is 11.3. The molecule has 0 spiro atoms. The van der Waals surface area contributed by atoms with E-state index in [0.29, 0.717) is 29.8 Å². The van der Waals surface area contributed by atoms with Crippen LogP contribution in [-0.2, 0) is 6.54 Å². The first-order valence-electron chi connectivity index (χ1n) is 5.85. The van der Waals surface area contributed by atoms with Gasteiger partial charge in [0, 0.05) is 17.7 Å². The smallest absolute Gasteiger partial charge is 0.208 e. The molecule has 3 rings (SSSR count). The fraction of sp³-hybridized carbons (Fsp3) is 0.308. The third kappa shape index (κ3) is 2.56. The second kappa shape index (κ2) is 4.49. The van der Waals surface area contributed by atoms with Gasteiger partial charge >= 0.3 is 0 Å². The minimum atomic E-state index is -0.626. The molecule has 0 aliphatic heterocycles. The number of nitrogens with zero attached hydrogens (tertiary/aromatic N) is 1. The standard InChI is InChI=1S/C13H12F2N2O/c14-9-3-8(4-10(15)5-9)12-6-17-13(18-12)7-16-11-1-2-11/h3-6,11,16H,1-2,7H2. The number of hydrogen-bond donors (Lipinski definition) is 1. The summed E-state index contributed by atoms with van der Waals surface area (Å²) in [6.45, 7) is 0.544. The molecular weight excluding hydrogens is 238 g/mol. The Morgan fingerprint density at radius 3 is 2.61 bits per heavy atom. The molecule has 0 saturated heterocycles. The van der Waals surface area contributed by atoms with Gasteiger partial charge in [-0.2, -0.15) is 0 Å². The molecule has 3 nitrogen and oxygen atoms in total. The molecule has 1 heterocycles. The Hall–Kier alpha value is -1.75. The van der Waals surface area contributed by atoms with Crippen LogP contribution in [0.25, 0.3) is 11.3 Å². The number of hydrogen-bond acceptors (Lipinski definition) is 3. The van der Waals surface area contributed by atoms with Crippen molar-refractivity contribution in [3.05, 3.63) is 41.9 Å². The Kier molecular flexibility index (Phi) is 2.83. The summed E-state index contributed by atoms with van der Waals surface area (Å²) in [5.74, 6) is -0.347. The molecule has 1 aromatic carbocycles. The third-order valence-corrected chi connectivity index (χ3v) is 2.82. The molecule has 94 valence electrons. The Morgan fingerprint density at radius 1 is 1.22 bits per heavy atom. The van der Waals surface area contributed by atoms with E-state index in [0.717, 1.165) is 6.07 Å². The van der Waals surface area contributed by atoms with E-state index < -0.39 is 11.6 Å². The molecule has 0 unspecified atom stereocenters. The number of nitrogens with one attached hydrogen (secondary N) is 1. The van der Waals surface area contributed by atoms with Crippen molar-refractivity contribution in [1.29, 1.82) is 0 Å². The lowest BCUT2D eigenvalue weighted by molar-refractivity contribution is 0.476. The lowest BCUT2D eigenvalue weighted by atomic mass is 10.2. The highest BCUT2D eigenvalue weighted by Gasteiger charge is 2.21. The second-order valence-corrected chi connectivity index (χ2v) is 4.43. The van der Waals surface area contributed by atoms with Gasteiger partial charge in [0.15, 0.2) is 5.76 Å². The Morgan fingerprint density at radius 2 is 1.94 bits per heavy atom. The maximum Gasteiger partial charge on any atom is 0.208 e. The van der Waals surface area contributed by atoms with Gasteiger partial charge in [0.1, 0.15) is 11.6 Å². The van der Waals surface area contributed by atoms with Gasteiger partial charge < -0.3 is 9.73 Å². The van der Waals surface area contributed by atoms with Crippen molar-refractivity contribution >= 4 is 0 Å². The molecule has 0 amide bonds. The van der Waals surface area contributed by atoms with Crippen LogP contribution in [0.15, 0.2) is 28.8 Å². The SMILES string of the molecule is Fc1cc(F)cc(-c2cnc(CNC3CC3)o2)c1. The van der Waals surface area contributed by atoms with Gasteiger partial charge in [0.25, 0.3) is 0 Å². The Bertz CT molecular complexity index is 544. The van der Waals surface area contributed by atoms with Gasteiger partial charge in [0.2, 0.25) is 5.89 Å². The summed E-state index contributed by atoms with van der Waals surface area (Å²) in [6, 6.07) is 3.84. The monoisotopic (exact) mass is 250 g/mol. The van der Waals surface area contributed by atoms with Gasteiger partial charge in [-0.3, -0.25) is 0 Å². The Labute approximate surface area is 103 Å². The molecule has 0 bridgehead atoms. The Balaban J connectivity index is 1.78. The topological polar surface area (TPSA) is 38.1 Å². The van der Waals surface area contributed by atoms with Crippen LogP contribution >= 0.6 is 0 Å². The number of aromatic nitrogens is 1. The normalized spacial score (nSPS) is 15.0. The van der Waals surface area contributed by atoms with Crippen LogP contribution in [0.4, 0.5) is 8.78 Å². The molecule has 2 aromatic rings. The highest BCUT2D eigenvalue weighted by molar-refractivity contribution is 5.56. The number of halogens is 2. The average Bonchev–Trinajstić information content (AvgIpc) is 3.02. The van der Waals surface area contributed by atoms with Crippen molar-refractivity contribution in [2.75, 3.05) is 0 Å². The summed E-state index contributed by atoms with van der Waals surface area (Å²) in [6.07, 6.45) is 3.85. The number of rotatable bonds is 4. The fourth-order valence-electron chi connectivity index (χ4n) is 1.74. The average molecular weight is 250 g/mol. The van der Waals surface area contributed by atoms with E-state index in [-0.39, 0.29) is 0 Å². The van der Waals surface area contributed by atoms with Crippen molar-refractivity contribution in [3.63, 3.8) is 0 Å². The minimum absolute atomic E-state index is 0.359. The summed E-state index contributed by atoms with van der Waals surface area (Å²) < 4.78 is 31.6. The highest BCUT2D eigenvalue weighted by atomic mass is 19.1. The zero-order chi connectivity index (χ0) is 12.5. The maximum atomic E-state index is 13.1. The van der Waals surface area contributed by atoms with Crippen LogP contribution in [0.1, 0.15) is 18.7 Å². The molecule has 0 radical (unpaired) electrons. The van der Waals surface area contributed by atoms with Crippen molar-refractivity contribution in [2.24, 2.45) is 0 Å². The lowest BCUT2D eigenvalue weighted by Gasteiger charge is -1.99. The molecular formula is C13H12F2N2O. The van der Waals surface area contributed by atoms with Crippen molar-refractivity contribution in [2.45, 2.75) is 25.4 Å². The van der Waals surface area contributed by atoms with Crippen molar-refractivity contribution < 1.29 is 13.2 Å². The molecule has 18 heavy (non-hydrogen) atoms. The van der Waals surface area contributed by atoms with Crippen LogP contribution in [0.5, 0.6) is 0 Å². The maximum absolute atomic E-state index is 13.1. The summed E-state index contributed by atoms with van der Waals surface area (Å²) in [5, 5.41) is 3.26. The largest absolute Gasteiger partial charge is 0.439 e. The van der Waals surface area contributed by atoms with Gasteiger partial charge in [-0.15, -0.1) is 0 Å². The van der Waals surface area contributed by atoms with E-state index in [4.69, 9.17) is 4.42 Å². The summed E-state index contributed by atoms with van der Waals surface area (Å²) >= 11 is 0. The fourth-order valence-corrected chi connectivity index (χ4v) is 1.74. The molecule has 1 N–H and O–H groups in total. The van der Waals surface area contributed by atoms with Crippen molar-refractivity contribution in [3.8, 4) is 11.3 Å². The number of oxazole rings is 1. The molecule has 1 saturated carbocycles. The van der Waals surface area contributed by atoms with E-state index >= 15 is 0 Å². The molecule has 1 aliphatic rings. The van der Waals surface area contributed by atoms with Crippen LogP contribution in [0.3, 0.4) is 0 Å². The highest BCUT2D eigenvalue weighted by Crippen LogP contribution is 2.23. The first-order chi connectivity index (χ1) is 8.70. The van der Waals surface area contributed by atoms with Crippen LogP contribution in [-0.4, -0.2) is 11.0 Å². The van der Waals surface area contributed by atoms with Crippen molar-refractivity contribution in [1.82, 2.24) is 10.3 Å². The predicted molar refractivity (Wildman–Crippen MR) is 61.7 cm³/mol. The molecule has 5 heteroatoms. The molecule has 1 aliphatic carbocycles. The molecule has 1 fully saturated rings. The van der Waals surface area contributed by atoms with Crippen LogP contribution in [0, 0.1) is 11.6 Å². The summed E-state index contributed by atoms with van der Waals surface area (Å²) in [7, 11) is 0. The van der Waals surface area contributed by atoms with Crippen LogP contribution in [0.2, 0.25) is 0 Å². The van der Waals surface area contributed by atoms with Gasteiger partial charge in [-0.25, -0.2) is 13.8 Å².